The van der Waals surface area contributed by atoms with Gasteiger partial charge in [-0.3, -0.25) is 4.79 Å². The molecule has 0 saturated carbocycles. The van der Waals surface area contributed by atoms with Crippen LogP contribution in [0.2, 0.25) is 0 Å². The maximum atomic E-state index is 13.9. The van der Waals surface area contributed by atoms with Crippen LogP contribution in [0.1, 0.15) is 27.2 Å². The molecular weight excluding hydrogens is 394 g/mol. The maximum Gasteiger partial charge on any atom is 0.255 e. The highest BCUT2D eigenvalue weighted by Crippen LogP contribution is 2.25. The molecule has 30 heavy (non-hydrogen) atoms. The number of nitrogens with two attached hydrogens (primary N) is 1. The van der Waals surface area contributed by atoms with Crippen molar-refractivity contribution in [3.8, 4) is 5.88 Å². The van der Waals surface area contributed by atoms with Crippen LogP contribution in [0.3, 0.4) is 0 Å². The van der Waals surface area contributed by atoms with E-state index in [2.05, 4.69) is 10.4 Å². The van der Waals surface area contributed by atoms with Crippen LogP contribution in [0, 0.1) is 25.5 Å². The Kier molecular flexibility index (Phi) is 5.17. The number of rotatable bonds is 6. The molecule has 0 bridgehead atoms. The summed E-state index contributed by atoms with van der Waals surface area (Å²) in [6.45, 7) is 4.30. The minimum absolute atomic E-state index is 0.176. The lowest BCUT2D eigenvalue weighted by Crippen LogP contribution is -2.63. The van der Waals surface area contributed by atoms with Crippen LogP contribution in [0.25, 0.3) is 5.52 Å². The SMILES string of the molecule is Cc1cc(OCc2c(F)cccc2F)n2nc(C)c(C(=O)NCC3(N)COC3)c2c1. The lowest BCUT2D eigenvalue weighted by Gasteiger charge is -2.37. The molecule has 0 radical (unpaired) electrons. The van der Waals surface area contributed by atoms with E-state index in [0.29, 0.717) is 30.0 Å². The highest BCUT2D eigenvalue weighted by atomic mass is 19.1. The number of hydrogen-bond donors (Lipinski definition) is 2. The van der Waals surface area contributed by atoms with Crippen molar-refractivity contribution in [2.75, 3.05) is 19.8 Å². The highest BCUT2D eigenvalue weighted by molar-refractivity contribution is 6.02. The fourth-order valence-corrected chi connectivity index (χ4v) is 3.37. The van der Waals surface area contributed by atoms with Crippen molar-refractivity contribution in [1.82, 2.24) is 14.9 Å². The van der Waals surface area contributed by atoms with Gasteiger partial charge in [-0.25, -0.2) is 8.78 Å². The van der Waals surface area contributed by atoms with Crippen LogP contribution in [0.5, 0.6) is 5.88 Å². The normalized spacial score (nSPS) is 15.1. The predicted molar refractivity (Wildman–Crippen MR) is 105 cm³/mol. The summed E-state index contributed by atoms with van der Waals surface area (Å²) >= 11 is 0. The number of halogens is 2. The number of aromatic nitrogens is 2. The lowest BCUT2D eigenvalue weighted by atomic mass is 9.99. The summed E-state index contributed by atoms with van der Waals surface area (Å²) in [7, 11) is 0. The number of nitrogens with zero attached hydrogens (tertiary/aromatic N) is 2. The molecular formula is C21H22F2N4O3. The number of fused-ring (bicyclic) bond motifs is 1. The van der Waals surface area contributed by atoms with Gasteiger partial charge in [-0.2, -0.15) is 9.61 Å². The number of carbonyl (C=O) groups excluding carboxylic acids is 1. The number of pyridine rings is 1. The van der Waals surface area contributed by atoms with Gasteiger partial charge in [0.25, 0.3) is 5.91 Å². The van der Waals surface area contributed by atoms with Gasteiger partial charge in [0.05, 0.1) is 41.1 Å². The van der Waals surface area contributed by atoms with Gasteiger partial charge in [-0.05, 0) is 37.6 Å². The van der Waals surface area contributed by atoms with Gasteiger partial charge in [0.1, 0.15) is 18.2 Å². The van der Waals surface area contributed by atoms with E-state index in [9.17, 15) is 13.6 Å². The number of ether oxygens (including phenoxy) is 2. The number of hydrogen-bond acceptors (Lipinski definition) is 5. The van der Waals surface area contributed by atoms with Gasteiger partial charge in [-0.1, -0.05) is 6.07 Å². The van der Waals surface area contributed by atoms with E-state index in [1.807, 2.05) is 6.92 Å². The molecule has 7 nitrogen and oxygen atoms in total. The Balaban J connectivity index is 1.62. The standard InChI is InChI=1S/C21H22F2N4O3/c1-12-6-17-19(20(28)25-9-21(24)10-29-11-21)13(2)26-27(17)18(7-12)30-8-14-15(22)4-3-5-16(14)23/h3-7H,8-11,24H2,1-2H3,(H,25,28). The fourth-order valence-electron chi connectivity index (χ4n) is 3.37. The van der Waals surface area contributed by atoms with E-state index >= 15 is 0 Å². The van der Waals surface area contributed by atoms with Crippen molar-refractivity contribution in [2.24, 2.45) is 5.73 Å². The first kappa shape index (κ1) is 20.2. The summed E-state index contributed by atoms with van der Waals surface area (Å²) in [6.07, 6.45) is 0. The molecule has 158 valence electrons. The van der Waals surface area contributed by atoms with Crippen molar-refractivity contribution in [3.05, 3.63) is 64.4 Å². The molecule has 1 aliphatic heterocycles. The maximum absolute atomic E-state index is 13.9. The second kappa shape index (κ2) is 7.66. The van der Waals surface area contributed by atoms with Gasteiger partial charge in [0, 0.05) is 12.6 Å². The minimum Gasteiger partial charge on any atom is -0.473 e. The molecule has 3 heterocycles. The highest BCUT2D eigenvalue weighted by Gasteiger charge is 2.35. The zero-order valence-electron chi connectivity index (χ0n) is 16.7. The molecule has 0 atom stereocenters. The van der Waals surface area contributed by atoms with Gasteiger partial charge < -0.3 is 20.5 Å². The van der Waals surface area contributed by atoms with Crippen LogP contribution in [0.4, 0.5) is 8.78 Å². The van der Waals surface area contributed by atoms with E-state index in [4.69, 9.17) is 15.2 Å². The molecule has 1 fully saturated rings. The molecule has 0 unspecified atom stereocenters. The number of aryl methyl sites for hydroxylation is 2. The van der Waals surface area contributed by atoms with Gasteiger partial charge in [0.15, 0.2) is 0 Å². The largest absolute Gasteiger partial charge is 0.473 e. The number of carbonyl (C=O) groups is 1. The van der Waals surface area contributed by atoms with Crippen LogP contribution < -0.4 is 15.8 Å². The minimum atomic E-state index is -0.689. The molecule has 1 aliphatic rings. The Morgan fingerprint density at radius 1 is 1.30 bits per heavy atom. The summed E-state index contributed by atoms with van der Waals surface area (Å²) in [4.78, 5) is 12.8. The molecule has 0 spiro atoms. The quantitative estimate of drug-likeness (QED) is 0.643. The summed E-state index contributed by atoms with van der Waals surface area (Å²) in [5.41, 5.74) is 7.58. The van der Waals surface area contributed by atoms with Crippen LogP contribution in [0.15, 0.2) is 30.3 Å². The fraction of sp³-hybridized carbons (Fsp3) is 0.333. The Bertz CT molecular complexity index is 1100. The van der Waals surface area contributed by atoms with Crippen molar-refractivity contribution in [1.29, 1.82) is 0 Å². The second-order valence-corrected chi connectivity index (χ2v) is 7.66. The molecule has 2 aromatic heterocycles. The van der Waals surface area contributed by atoms with Gasteiger partial charge >= 0.3 is 0 Å². The third-order valence-electron chi connectivity index (χ3n) is 5.05. The summed E-state index contributed by atoms with van der Waals surface area (Å²) < 4.78 is 40.1. The number of amides is 1. The zero-order chi connectivity index (χ0) is 21.5. The predicted octanol–water partition coefficient (Wildman–Crippen LogP) is 2.27. The average Bonchev–Trinajstić information content (AvgIpc) is 3.00. The second-order valence-electron chi connectivity index (χ2n) is 7.66. The molecule has 9 heteroatoms. The van der Waals surface area contributed by atoms with E-state index in [1.54, 1.807) is 19.1 Å². The number of nitrogens with one attached hydrogen (secondary N) is 1. The Hall–Kier alpha value is -3.04. The third kappa shape index (κ3) is 3.73. The van der Waals surface area contributed by atoms with E-state index in [0.717, 1.165) is 5.56 Å². The molecule has 1 saturated heterocycles. The average molecular weight is 416 g/mol. The monoisotopic (exact) mass is 416 g/mol. The molecule has 1 aromatic carbocycles. The van der Waals surface area contributed by atoms with Crippen LogP contribution >= 0.6 is 0 Å². The lowest BCUT2D eigenvalue weighted by molar-refractivity contribution is -0.0512. The van der Waals surface area contributed by atoms with Crippen LogP contribution in [-0.2, 0) is 11.3 Å². The van der Waals surface area contributed by atoms with Crippen LogP contribution in [-0.4, -0.2) is 40.8 Å². The number of benzene rings is 1. The topological polar surface area (TPSA) is 90.9 Å². The van der Waals surface area contributed by atoms with Gasteiger partial charge in [-0.15, -0.1) is 0 Å². The molecule has 1 amide bonds. The van der Waals surface area contributed by atoms with E-state index < -0.39 is 17.2 Å². The summed E-state index contributed by atoms with van der Waals surface area (Å²) in [6, 6.07) is 7.13. The van der Waals surface area contributed by atoms with Crippen molar-refractivity contribution >= 4 is 11.4 Å². The van der Waals surface area contributed by atoms with Gasteiger partial charge in [0.2, 0.25) is 5.88 Å². The van der Waals surface area contributed by atoms with Crippen molar-refractivity contribution in [3.63, 3.8) is 0 Å². The molecule has 3 aromatic rings. The third-order valence-corrected chi connectivity index (χ3v) is 5.05. The Morgan fingerprint density at radius 2 is 2.00 bits per heavy atom. The summed E-state index contributed by atoms with van der Waals surface area (Å²) in [5.74, 6) is -1.41. The molecule has 0 aliphatic carbocycles. The Labute approximate surface area is 171 Å². The first-order valence-electron chi connectivity index (χ1n) is 9.48. The Morgan fingerprint density at radius 3 is 2.63 bits per heavy atom. The van der Waals surface area contributed by atoms with Crippen molar-refractivity contribution in [2.45, 2.75) is 26.0 Å². The molecule has 3 N–H and O–H groups in total. The van der Waals surface area contributed by atoms with E-state index in [1.165, 1.54) is 22.7 Å². The first-order chi connectivity index (χ1) is 14.3. The zero-order valence-corrected chi connectivity index (χ0v) is 16.7. The first-order valence-corrected chi connectivity index (χ1v) is 9.48. The smallest absolute Gasteiger partial charge is 0.255 e. The molecule has 4 rings (SSSR count). The van der Waals surface area contributed by atoms with Crippen molar-refractivity contribution < 1.29 is 23.0 Å². The van der Waals surface area contributed by atoms with E-state index in [-0.39, 0.29) is 30.5 Å². The summed E-state index contributed by atoms with van der Waals surface area (Å²) in [5, 5.41) is 7.23.